The quantitative estimate of drug-likeness (QED) is 0.546. The Morgan fingerprint density at radius 1 is 1.14 bits per heavy atom. The van der Waals surface area contributed by atoms with E-state index in [1.807, 2.05) is 24.3 Å². The van der Waals surface area contributed by atoms with Crippen LogP contribution in [0.2, 0.25) is 0 Å². The van der Waals surface area contributed by atoms with Crippen LogP contribution in [-0.2, 0) is 11.2 Å². The van der Waals surface area contributed by atoms with Gasteiger partial charge in [0.25, 0.3) is 11.8 Å². The van der Waals surface area contributed by atoms with Crippen LogP contribution < -0.4 is 4.74 Å². The van der Waals surface area contributed by atoms with E-state index in [9.17, 15) is 19.7 Å². The standard InChI is InChI=1S/C19H21N3O5S/c1-2-14-4-3-5-15(12-14)27-13-17(23)20-8-10-21(11-9-20)19(24)16-6-7-18(28-16)22(25)26/h3-7,12H,2,8-11,13H2,1H3. The predicted molar refractivity (Wildman–Crippen MR) is 105 cm³/mol. The number of carbonyl (C=O) groups is 2. The lowest BCUT2D eigenvalue weighted by Crippen LogP contribution is -2.51. The van der Waals surface area contributed by atoms with Gasteiger partial charge in [-0.1, -0.05) is 30.4 Å². The maximum absolute atomic E-state index is 12.5. The minimum absolute atomic E-state index is 0.0434. The van der Waals surface area contributed by atoms with Crippen molar-refractivity contribution in [3.8, 4) is 5.75 Å². The number of rotatable bonds is 6. The summed E-state index contributed by atoms with van der Waals surface area (Å²) < 4.78 is 5.60. The molecule has 1 saturated heterocycles. The molecule has 28 heavy (non-hydrogen) atoms. The number of ether oxygens (including phenoxy) is 1. The molecule has 0 N–H and O–H groups in total. The van der Waals surface area contributed by atoms with Crippen molar-refractivity contribution in [1.29, 1.82) is 0 Å². The predicted octanol–water partition coefficient (Wildman–Crippen LogP) is 2.58. The number of hydrogen-bond acceptors (Lipinski definition) is 6. The SMILES string of the molecule is CCc1cccc(OCC(=O)N2CCN(C(=O)c3ccc([N+](=O)[O-])s3)CC2)c1. The van der Waals surface area contributed by atoms with Gasteiger partial charge in [0.15, 0.2) is 6.61 Å². The number of nitrogens with zero attached hydrogens (tertiary/aromatic N) is 3. The highest BCUT2D eigenvalue weighted by Crippen LogP contribution is 2.25. The van der Waals surface area contributed by atoms with E-state index in [1.54, 1.807) is 9.80 Å². The molecule has 3 rings (SSSR count). The zero-order valence-corrected chi connectivity index (χ0v) is 16.3. The summed E-state index contributed by atoms with van der Waals surface area (Å²) in [6.45, 7) is 3.62. The maximum atomic E-state index is 12.5. The third-order valence-corrected chi connectivity index (χ3v) is 5.60. The molecule has 148 valence electrons. The Bertz CT molecular complexity index is 874. The van der Waals surface area contributed by atoms with E-state index in [0.717, 1.165) is 23.3 Å². The molecule has 2 heterocycles. The number of nitro groups is 1. The summed E-state index contributed by atoms with van der Waals surface area (Å²) in [5, 5.41) is 10.7. The van der Waals surface area contributed by atoms with Crippen molar-refractivity contribution in [1.82, 2.24) is 9.80 Å². The molecule has 0 radical (unpaired) electrons. The van der Waals surface area contributed by atoms with E-state index in [2.05, 4.69) is 6.92 Å². The van der Waals surface area contributed by atoms with Gasteiger partial charge in [0.1, 0.15) is 5.75 Å². The second-order valence-electron chi connectivity index (χ2n) is 6.36. The molecule has 0 bridgehead atoms. The van der Waals surface area contributed by atoms with Gasteiger partial charge in [-0.2, -0.15) is 0 Å². The number of thiophene rings is 1. The molecule has 1 fully saturated rings. The van der Waals surface area contributed by atoms with E-state index < -0.39 is 4.92 Å². The first kappa shape index (κ1) is 19.8. The fourth-order valence-corrected chi connectivity index (χ4v) is 3.74. The van der Waals surface area contributed by atoms with Crippen LogP contribution in [0.1, 0.15) is 22.2 Å². The average Bonchev–Trinajstić information content (AvgIpc) is 3.22. The summed E-state index contributed by atoms with van der Waals surface area (Å²) in [4.78, 5) is 38.7. The monoisotopic (exact) mass is 403 g/mol. The minimum Gasteiger partial charge on any atom is -0.484 e. The fraction of sp³-hybridized carbons (Fsp3) is 0.368. The lowest BCUT2D eigenvalue weighted by molar-refractivity contribution is -0.380. The van der Waals surface area contributed by atoms with E-state index >= 15 is 0 Å². The van der Waals surface area contributed by atoms with Crippen molar-refractivity contribution in [3.63, 3.8) is 0 Å². The van der Waals surface area contributed by atoms with Crippen LogP contribution in [-0.4, -0.2) is 59.3 Å². The van der Waals surface area contributed by atoms with Crippen molar-refractivity contribution in [2.75, 3.05) is 32.8 Å². The highest BCUT2D eigenvalue weighted by atomic mass is 32.1. The molecule has 2 aromatic rings. The summed E-state index contributed by atoms with van der Waals surface area (Å²) in [7, 11) is 0. The second kappa shape index (κ2) is 8.83. The van der Waals surface area contributed by atoms with Crippen molar-refractivity contribution >= 4 is 28.2 Å². The lowest BCUT2D eigenvalue weighted by atomic mass is 10.2. The average molecular weight is 403 g/mol. The zero-order chi connectivity index (χ0) is 20.1. The number of piperazine rings is 1. The summed E-state index contributed by atoms with van der Waals surface area (Å²) in [5.41, 5.74) is 1.14. The van der Waals surface area contributed by atoms with Crippen LogP contribution in [0, 0.1) is 10.1 Å². The van der Waals surface area contributed by atoms with Crippen molar-refractivity contribution < 1.29 is 19.2 Å². The van der Waals surface area contributed by atoms with Crippen LogP contribution in [0.5, 0.6) is 5.75 Å². The molecular formula is C19H21N3O5S. The van der Waals surface area contributed by atoms with Gasteiger partial charge in [0, 0.05) is 32.2 Å². The molecule has 0 aliphatic carbocycles. The van der Waals surface area contributed by atoms with Crippen LogP contribution >= 0.6 is 11.3 Å². The van der Waals surface area contributed by atoms with Gasteiger partial charge in [-0.3, -0.25) is 19.7 Å². The largest absolute Gasteiger partial charge is 0.484 e. The number of aryl methyl sites for hydroxylation is 1. The molecule has 0 saturated carbocycles. The molecule has 1 aromatic heterocycles. The zero-order valence-electron chi connectivity index (χ0n) is 15.5. The fourth-order valence-electron chi connectivity index (χ4n) is 2.95. The Balaban J connectivity index is 1.49. The highest BCUT2D eigenvalue weighted by Gasteiger charge is 2.26. The van der Waals surface area contributed by atoms with Crippen molar-refractivity contribution in [3.05, 3.63) is 57.0 Å². The van der Waals surface area contributed by atoms with Gasteiger partial charge in [0.2, 0.25) is 0 Å². The van der Waals surface area contributed by atoms with Gasteiger partial charge in [-0.05, 0) is 30.2 Å². The molecule has 1 aliphatic heterocycles. The van der Waals surface area contributed by atoms with E-state index in [1.165, 1.54) is 12.1 Å². The molecule has 0 spiro atoms. The van der Waals surface area contributed by atoms with Crippen LogP contribution in [0.25, 0.3) is 0 Å². The number of hydrogen-bond donors (Lipinski definition) is 0. The van der Waals surface area contributed by atoms with Crippen molar-refractivity contribution in [2.24, 2.45) is 0 Å². The van der Waals surface area contributed by atoms with Gasteiger partial charge in [-0.25, -0.2) is 0 Å². The summed E-state index contributed by atoms with van der Waals surface area (Å²) >= 11 is 0.868. The van der Waals surface area contributed by atoms with E-state index in [-0.39, 0.29) is 23.4 Å². The summed E-state index contributed by atoms with van der Waals surface area (Å²) in [6, 6.07) is 10.5. The summed E-state index contributed by atoms with van der Waals surface area (Å²) in [5.74, 6) is 0.305. The topological polar surface area (TPSA) is 93.0 Å². The molecule has 1 aromatic carbocycles. The Kier molecular flexibility index (Phi) is 6.25. The third-order valence-electron chi connectivity index (χ3n) is 4.57. The number of benzene rings is 1. The number of amides is 2. The van der Waals surface area contributed by atoms with Crippen LogP contribution in [0.3, 0.4) is 0 Å². The molecule has 2 amide bonds. The minimum atomic E-state index is -0.506. The first-order valence-corrected chi connectivity index (χ1v) is 9.82. The molecule has 1 aliphatic rings. The van der Waals surface area contributed by atoms with Crippen LogP contribution in [0.15, 0.2) is 36.4 Å². The van der Waals surface area contributed by atoms with E-state index in [0.29, 0.717) is 36.8 Å². The number of carbonyl (C=O) groups excluding carboxylic acids is 2. The smallest absolute Gasteiger partial charge is 0.324 e. The van der Waals surface area contributed by atoms with E-state index in [4.69, 9.17) is 4.74 Å². The molecule has 9 heteroatoms. The second-order valence-corrected chi connectivity index (χ2v) is 7.42. The van der Waals surface area contributed by atoms with Crippen molar-refractivity contribution in [2.45, 2.75) is 13.3 Å². The molecular weight excluding hydrogens is 382 g/mol. The Hall–Kier alpha value is -2.94. The first-order chi connectivity index (χ1) is 13.5. The Morgan fingerprint density at radius 2 is 1.86 bits per heavy atom. The Morgan fingerprint density at radius 3 is 2.50 bits per heavy atom. The first-order valence-electron chi connectivity index (χ1n) is 9.01. The van der Waals surface area contributed by atoms with Gasteiger partial charge in [0.05, 0.1) is 9.80 Å². The third kappa shape index (κ3) is 4.66. The van der Waals surface area contributed by atoms with Gasteiger partial charge < -0.3 is 14.5 Å². The van der Waals surface area contributed by atoms with Gasteiger partial charge >= 0.3 is 5.00 Å². The maximum Gasteiger partial charge on any atom is 0.324 e. The lowest BCUT2D eigenvalue weighted by Gasteiger charge is -2.34. The molecule has 0 atom stereocenters. The molecule has 0 unspecified atom stereocenters. The normalized spacial score (nSPS) is 14.0. The van der Waals surface area contributed by atoms with Crippen LogP contribution in [0.4, 0.5) is 5.00 Å². The molecule has 8 nitrogen and oxygen atoms in total. The van der Waals surface area contributed by atoms with Gasteiger partial charge in [-0.15, -0.1) is 0 Å². The highest BCUT2D eigenvalue weighted by molar-refractivity contribution is 7.17. The summed E-state index contributed by atoms with van der Waals surface area (Å²) in [6.07, 6.45) is 0.897. The Labute approximate surface area is 166 Å².